The molecule has 1 saturated carbocycles. The van der Waals surface area contributed by atoms with E-state index in [0.29, 0.717) is 12.8 Å². The summed E-state index contributed by atoms with van der Waals surface area (Å²) in [6.45, 7) is -0.279. The minimum absolute atomic E-state index is 0.0215. The van der Waals surface area contributed by atoms with Gasteiger partial charge in [-0.25, -0.2) is 4.79 Å². The Hall–Kier alpha value is -0.930. The van der Waals surface area contributed by atoms with E-state index in [4.69, 9.17) is 47.6 Å². The number of rotatable bonds is 10. The van der Waals surface area contributed by atoms with E-state index < -0.39 is 96.5 Å². The Morgan fingerprint density at radius 3 is 2.20 bits per heavy atom. The van der Waals surface area contributed by atoms with Crippen molar-refractivity contribution in [3.05, 3.63) is 0 Å². The van der Waals surface area contributed by atoms with E-state index in [1.54, 1.807) is 14.1 Å². The lowest BCUT2D eigenvalue weighted by Crippen LogP contribution is -2.72. The minimum atomic E-state index is -1.55. The molecule has 16 nitrogen and oxygen atoms in total. The highest BCUT2D eigenvalue weighted by molar-refractivity contribution is 5.74. The van der Waals surface area contributed by atoms with Crippen LogP contribution in [-0.2, 0) is 23.7 Å². The van der Waals surface area contributed by atoms with Gasteiger partial charge in [0.2, 0.25) is 0 Å². The number of quaternary nitrogens is 1. The average Bonchev–Trinajstić information content (AvgIpc) is 2.92. The molecule has 2 heterocycles. The van der Waals surface area contributed by atoms with Crippen molar-refractivity contribution >= 4 is 5.91 Å². The minimum Gasteiger partial charge on any atom is -0.394 e. The number of nitrogens with two attached hydrogens (primary N) is 5. The van der Waals surface area contributed by atoms with Gasteiger partial charge in [0.25, 0.3) is 0 Å². The number of hydrogen-bond acceptors (Lipinski definition) is 15. The lowest BCUT2D eigenvalue weighted by Gasteiger charge is -2.51. The zero-order chi connectivity index (χ0) is 29.9. The predicted molar refractivity (Wildman–Crippen MR) is 140 cm³/mol. The van der Waals surface area contributed by atoms with Crippen LogP contribution in [0.2, 0.25) is 0 Å². The summed E-state index contributed by atoms with van der Waals surface area (Å²) in [6.07, 6.45) is -10.7. The smallest absolute Gasteiger partial charge is 0.342 e. The molecule has 14 atom stereocenters. The molecule has 0 bridgehead atoms. The highest BCUT2D eigenvalue weighted by atomic mass is 16.7. The van der Waals surface area contributed by atoms with Crippen molar-refractivity contribution in [2.24, 2.45) is 28.7 Å². The third kappa shape index (κ3) is 6.99. The Labute approximate surface area is 233 Å². The number of carbonyl (C=O) groups is 1. The van der Waals surface area contributed by atoms with E-state index in [1.165, 1.54) is 0 Å². The molecule has 15 N–H and O–H groups in total. The quantitative estimate of drug-likeness (QED) is 0.107. The molecule has 0 aromatic heterocycles. The fourth-order valence-electron chi connectivity index (χ4n) is 5.74. The van der Waals surface area contributed by atoms with Crippen molar-refractivity contribution < 1.29 is 53.8 Å². The third-order valence-electron chi connectivity index (χ3n) is 8.39. The number of aliphatic hydroxyl groups is 5. The number of likely N-dealkylation sites (N-methyl/N-ethyl adjacent to an activating group) is 1. The van der Waals surface area contributed by atoms with Crippen LogP contribution in [0, 0.1) is 0 Å². The van der Waals surface area contributed by atoms with Crippen LogP contribution < -0.4 is 28.7 Å². The molecule has 16 heteroatoms. The molecule has 12 unspecified atom stereocenters. The molecular weight excluding hydrogens is 532 g/mol. The van der Waals surface area contributed by atoms with Crippen molar-refractivity contribution in [2.75, 3.05) is 33.8 Å². The molecule has 3 aliphatic rings. The monoisotopic (exact) mass is 581 g/mol. The molecule has 2 aliphatic heterocycles. The van der Waals surface area contributed by atoms with Gasteiger partial charge in [0, 0.05) is 19.0 Å². The maximum atomic E-state index is 13.3. The van der Waals surface area contributed by atoms with E-state index in [9.17, 15) is 30.3 Å². The van der Waals surface area contributed by atoms with E-state index in [2.05, 4.69) is 0 Å². The van der Waals surface area contributed by atoms with Gasteiger partial charge in [-0.3, -0.25) is 4.48 Å². The summed E-state index contributed by atoms with van der Waals surface area (Å²) in [4.78, 5) is 13.3. The zero-order valence-corrected chi connectivity index (χ0v) is 23.1. The molecular formula is C24H49N6O10+. The molecule has 3 fully saturated rings. The van der Waals surface area contributed by atoms with Crippen molar-refractivity contribution in [3.8, 4) is 0 Å². The van der Waals surface area contributed by atoms with Crippen molar-refractivity contribution in [3.63, 3.8) is 0 Å². The molecule has 1 aliphatic carbocycles. The molecule has 2 saturated heterocycles. The van der Waals surface area contributed by atoms with Gasteiger partial charge < -0.3 is 73.1 Å². The lowest BCUT2D eigenvalue weighted by atomic mass is 9.81. The average molecular weight is 582 g/mol. The Bertz CT molecular complexity index is 827. The fourth-order valence-corrected chi connectivity index (χ4v) is 5.74. The standard InChI is InChI=1S/C24H49N6O10/c1-30(2,22(36)14(32)5-6-25)13-7-12(28)20(39-23-11(27)4-3-10(8-26)37-23)19(35)21(13)40-24-18(34)16(29)17(33)15(9-31)38-24/h10-21,23-24,31-35H,3-9,25-29H2,1-2H3/q+1/t10?,11?,12?,13?,14-,15?,16?,17?,18?,19?,20?,21+,23?,24?/m0/s1. The maximum absolute atomic E-state index is 13.3. The second-order valence-electron chi connectivity index (χ2n) is 11.5. The second-order valence-corrected chi connectivity index (χ2v) is 11.5. The van der Waals surface area contributed by atoms with Crippen LogP contribution in [0.3, 0.4) is 0 Å². The first-order valence-corrected chi connectivity index (χ1v) is 13.8. The summed E-state index contributed by atoms with van der Waals surface area (Å²) < 4.78 is 23.2. The van der Waals surface area contributed by atoms with Gasteiger partial charge in [0.05, 0.1) is 38.9 Å². The third-order valence-corrected chi connectivity index (χ3v) is 8.39. The highest BCUT2D eigenvalue weighted by Crippen LogP contribution is 2.35. The molecule has 0 aromatic carbocycles. The van der Waals surface area contributed by atoms with Crippen LogP contribution in [0.5, 0.6) is 0 Å². The number of hydrogen-bond donors (Lipinski definition) is 10. The molecule has 0 spiro atoms. The normalized spacial score (nSPS) is 43.9. The van der Waals surface area contributed by atoms with Gasteiger partial charge in [-0.2, -0.15) is 0 Å². The Balaban J connectivity index is 1.92. The first kappa shape index (κ1) is 33.6. The van der Waals surface area contributed by atoms with Gasteiger partial charge >= 0.3 is 5.91 Å². The van der Waals surface area contributed by atoms with Gasteiger partial charge in [-0.15, -0.1) is 0 Å². The number of amides is 1. The summed E-state index contributed by atoms with van der Waals surface area (Å²) in [5.41, 5.74) is 30.0. The Morgan fingerprint density at radius 1 is 0.950 bits per heavy atom. The SMILES string of the molecule is C[N+](C)(C(=O)[C@@H](O)CCN)C1CC(N)C(OC2OC(CN)CCC2N)C(O)[C@@H]1OC1OC(CO)C(O)C(N)C1O. The van der Waals surface area contributed by atoms with Crippen molar-refractivity contribution in [1.82, 2.24) is 0 Å². The van der Waals surface area contributed by atoms with Crippen molar-refractivity contribution in [2.45, 2.75) is 111 Å². The number of nitrogens with zero attached hydrogens (tertiary/aromatic N) is 1. The van der Waals surface area contributed by atoms with E-state index in [0.717, 1.165) is 0 Å². The first-order valence-electron chi connectivity index (χ1n) is 13.8. The number of carbonyl (C=O) groups excluding carboxylic acids is 1. The summed E-state index contributed by atoms with van der Waals surface area (Å²) in [7, 11) is 3.08. The van der Waals surface area contributed by atoms with Crippen LogP contribution in [0.1, 0.15) is 25.7 Å². The van der Waals surface area contributed by atoms with Crippen LogP contribution in [0.15, 0.2) is 0 Å². The van der Waals surface area contributed by atoms with Gasteiger partial charge in [-0.1, -0.05) is 0 Å². The predicted octanol–water partition coefficient (Wildman–Crippen LogP) is -5.91. The molecule has 234 valence electrons. The molecule has 0 aromatic rings. The second kappa shape index (κ2) is 14.0. The Kier molecular flexibility index (Phi) is 11.8. The van der Waals surface area contributed by atoms with Crippen LogP contribution >= 0.6 is 0 Å². The van der Waals surface area contributed by atoms with Crippen molar-refractivity contribution in [1.29, 1.82) is 0 Å². The van der Waals surface area contributed by atoms with Crippen LogP contribution in [0.4, 0.5) is 0 Å². The van der Waals surface area contributed by atoms with E-state index in [1.807, 2.05) is 0 Å². The number of aliphatic hydroxyl groups excluding tert-OH is 5. The number of ether oxygens (including phenoxy) is 4. The van der Waals surface area contributed by atoms with Gasteiger partial charge in [-0.05, 0) is 25.8 Å². The summed E-state index contributed by atoms with van der Waals surface area (Å²) in [6, 6.07) is -3.43. The largest absolute Gasteiger partial charge is 0.394 e. The molecule has 40 heavy (non-hydrogen) atoms. The van der Waals surface area contributed by atoms with E-state index >= 15 is 0 Å². The van der Waals surface area contributed by atoms with Crippen LogP contribution in [0.25, 0.3) is 0 Å². The maximum Gasteiger partial charge on any atom is 0.342 e. The van der Waals surface area contributed by atoms with Gasteiger partial charge in [0.15, 0.2) is 18.7 Å². The molecule has 1 amide bonds. The highest BCUT2D eigenvalue weighted by Gasteiger charge is 2.56. The zero-order valence-electron chi connectivity index (χ0n) is 23.1. The molecule has 3 rings (SSSR count). The summed E-state index contributed by atoms with van der Waals surface area (Å²) >= 11 is 0. The van der Waals surface area contributed by atoms with Gasteiger partial charge in [0.1, 0.15) is 42.7 Å². The lowest BCUT2D eigenvalue weighted by molar-refractivity contribution is -0.850. The summed E-state index contributed by atoms with van der Waals surface area (Å²) in [5, 5.41) is 52.7. The van der Waals surface area contributed by atoms with Crippen LogP contribution in [-0.4, -0.2) is 155 Å². The molecule has 0 radical (unpaired) electrons. The Morgan fingerprint density at radius 2 is 1.60 bits per heavy atom. The topological polar surface area (TPSA) is 285 Å². The fraction of sp³-hybridized carbons (Fsp3) is 0.958. The van der Waals surface area contributed by atoms with E-state index in [-0.39, 0.29) is 32.0 Å². The summed E-state index contributed by atoms with van der Waals surface area (Å²) in [5.74, 6) is -0.586. The first-order chi connectivity index (χ1) is 18.8.